The molecule has 106 valence electrons. The van der Waals surface area contributed by atoms with Gasteiger partial charge >= 0.3 is 0 Å². The van der Waals surface area contributed by atoms with Gasteiger partial charge in [-0.1, -0.05) is 29.8 Å². The highest BCUT2D eigenvalue weighted by Gasteiger charge is 2.19. The number of halogens is 1. The molecule has 0 aliphatic rings. The summed E-state index contributed by atoms with van der Waals surface area (Å²) in [6.07, 6.45) is 0. The minimum Gasteiger partial charge on any atom is -0.496 e. The van der Waals surface area contributed by atoms with Crippen molar-refractivity contribution in [2.45, 2.75) is 6.92 Å². The van der Waals surface area contributed by atoms with Crippen molar-refractivity contribution < 1.29 is 13.9 Å². The first-order valence-corrected chi connectivity index (χ1v) is 6.85. The molecule has 0 spiro atoms. The Kier molecular flexibility index (Phi) is 3.43. The lowest BCUT2D eigenvalue weighted by atomic mass is 10.1. The average molecular weight is 301 g/mol. The van der Waals surface area contributed by atoms with E-state index in [1.54, 1.807) is 24.3 Å². The summed E-state index contributed by atoms with van der Waals surface area (Å²) in [5, 5.41) is 1.43. The van der Waals surface area contributed by atoms with Crippen molar-refractivity contribution in [1.29, 1.82) is 0 Å². The summed E-state index contributed by atoms with van der Waals surface area (Å²) in [4.78, 5) is 12.6. The van der Waals surface area contributed by atoms with Crippen LogP contribution in [0.3, 0.4) is 0 Å². The van der Waals surface area contributed by atoms with E-state index in [-0.39, 0.29) is 5.78 Å². The molecule has 3 aromatic rings. The summed E-state index contributed by atoms with van der Waals surface area (Å²) >= 11 is 5.92. The molecule has 0 aliphatic carbocycles. The topological polar surface area (TPSA) is 39.4 Å². The Labute approximate surface area is 127 Å². The number of carbonyl (C=O) groups is 1. The van der Waals surface area contributed by atoms with E-state index in [0.29, 0.717) is 22.1 Å². The lowest BCUT2D eigenvalue weighted by Gasteiger charge is -2.06. The summed E-state index contributed by atoms with van der Waals surface area (Å²) in [7, 11) is 1.51. The number of rotatable bonds is 3. The minimum absolute atomic E-state index is 0.223. The maximum Gasteiger partial charge on any atom is 0.231 e. The Balaban J connectivity index is 2.10. The largest absolute Gasteiger partial charge is 0.496 e. The van der Waals surface area contributed by atoms with Gasteiger partial charge in [0, 0.05) is 10.4 Å². The predicted octanol–water partition coefficient (Wildman–Crippen LogP) is 4.63. The first-order chi connectivity index (χ1) is 10.1. The Bertz CT molecular complexity index is 833. The number of benzene rings is 2. The molecule has 1 aromatic heterocycles. The molecule has 1 heterocycles. The zero-order valence-corrected chi connectivity index (χ0v) is 12.4. The van der Waals surface area contributed by atoms with Crippen LogP contribution >= 0.6 is 11.6 Å². The van der Waals surface area contributed by atoms with Gasteiger partial charge in [0.1, 0.15) is 11.3 Å². The fraction of sp³-hybridized carbons (Fsp3) is 0.118. The van der Waals surface area contributed by atoms with Crippen molar-refractivity contribution in [3.8, 4) is 5.75 Å². The molecule has 0 unspecified atom stereocenters. The molecule has 0 atom stereocenters. The second-order valence-electron chi connectivity index (χ2n) is 4.78. The number of ether oxygens (including phenoxy) is 1. The standard InChI is InChI=1S/C17H13ClO3/c1-10-4-3-5-11-8-15(21-17(10)11)16(19)13-7-6-12(18)9-14(13)20-2/h3-9H,1-2H3. The number of aryl methyl sites for hydroxylation is 1. The third-order valence-corrected chi connectivity index (χ3v) is 3.61. The van der Waals surface area contributed by atoms with E-state index >= 15 is 0 Å². The van der Waals surface area contributed by atoms with Crippen LogP contribution in [0, 0.1) is 6.92 Å². The van der Waals surface area contributed by atoms with Gasteiger partial charge in [-0.3, -0.25) is 4.79 Å². The van der Waals surface area contributed by atoms with Crippen LogP contribution in [-0.2, 0) is 0 Å². The number of para-hydroxylation sites is 1. The molecule has 0 radical (unpaired) electrons. The van der Waals surface area contributed by atoms with Gasteiger partial charge in [-0.25, -0.2) is 0 Å². The van der Waals surface area contributed by atoms with Gasteiger partial charge in [-0.05, 0) is 36.8 Å². The molecule has 0 N–H and O–H groups in total. The molecular weight excluding hydrogens is 288 g/mol. The fourth-order valence-corrected chi connectivity index (χ4v) is 2.47. The summed E-state index contributed by atoms with van der Waals surface area (Å²) in [6, 6.07) is 12.5. The van der Waals surface area contributed by atoms with Crippen LogP contribution in [0.1, 0.15) is 21.7 Å². The molecule has 0 fully saturated rings. The van der Waals surface area contributed by atoms with Crippen LogP contribution in [0.25, 0.3) is 11.0 Å². The molecular formula is C17H13ClO3. The molecule has 0 aliphatic heterocycles. The molecule has 21 heavy (non-hydrogen) atoms. The average Bonchev–Trinajstić information content (AvgIpc) is 2.92. The van der Waals surface area contributed by atoms with Gasteiger partial charge in [0.2, 0.25) is 5.78 Å². The predicted molar refractivity (Wildman–Crippen MR) is 82.4 cm³/mol. The Hall–Kier alpha value is -2.26. The van der Waals surface area contributed by atoms with Gasteiger partial charge in [-0.2, -0.15) is 0 Å². The summed E-state index contributed by atoms with van der Waals surface area (Å²) < 4.78 is 10.9. The third-order valence-electron chi connectivity index (χ3n) is 3.37. The first-order valence-electron chi connectivity index (χ1n) is 6.47. The Morgan fingerprint density at radius 1 is 1.19 bits per heavy atom. The first kappa shape index (κ1) is 13.7. The zero-order chi connectivity index (χ0) is 15.0. The lowest BCUT2D eigenvalue weighted by molar-refractivity contribution is 0.101. The highest BCUT2D eigenvalue weighted by atomic mass is 35.5. The van der Waals surface area contributed by atoms with Crippen LogP contribution in [0.5, 0.6) is 5.75 Å². The number of ketones is 1. The Morgan fingerprint density at radius 3 is 2.71 bits per heavy atom. The van der Waals surface area contributed by atoms with E-state index in [1.165, 1.54) is 7.11 Å². The van der Waals surface area contributed by atoms with E-state index in [4.69, 9.17) is 20.8 Å². The van der Waals surface area contributed by atoms with Crippen molar-refractivity contribution in [2.75, 3.05) is 7.11 Å². The molecule has 0 amide bonds. The number of hydrogen-bond acceptors (Lipinski definition) is 3. The quantitative estimate of drug-likeness (QED) is 0.662. The molecule has 3 nitrogen and oxygen atoms in total. The number of methoxy groups -OCH3 is 1. The van der Waals surface area contributed by atoms with Crippen LogP contribution in [0.15, 0.2) is 46.9 Å². The fourth-order valence-electron chi connectivity index (χ4n) is 2.31. The smallest absolute Gasteiger partial charge is 0.231 e. The molecule has 0 saturated heterocycles. The van der Waals surface area contributed by atoms with Crippen LogP contribution in [-0.4, -0.2) is 12.9 Å². The van der Waals surface area contributed by atoms with Gasteiger partial charge < -0.3 is 9.15 Å². The molecule has 0 saturated carbocycles. The van der Waals surface area contributed by atoms with Crippen LogP contribution in [0.2, 0.25) is 5.02 Å². The highest BCUT2D eigenvalue weighted by molar-refractivity contribution is 6.31. The van der Waals surface area contributed by atoms with Gasteiger partial charge in [0.15, 0.2) is 5.76 Å². The van der Waals surface area contributed by atoms with E-state index in [9.17, 15) is 4.79 Å². The maximum absolute atomic E-state index is 12.6. The van der Waals surface area contributed by atoms with E-state index < -0.39 is 0 Å². The van der Waals surface area contributed by atoms with Crippen LogP contribution < -0.4 is 4.74 Å². The van der Waals surface area contributed by atoms with Crippen molar-refractivity contribution in [3.63, 3.8) is 0 Å². The Morgan fingerprint density at radius 2 is 2.00 bits per heavy atom. The number of furan rings is 1. The minimum atomic E-state index is -0.223. The number of carbonyl (C=O) groups excluding carboxylic acids is 1. The summed E-state index contributed by atoms with van der Waals surface area (Å²) in [5.74, 6) is 0.503. The van der Waals surface area contributed by atoms with Crippen molar-refractivity contribution in [1.82, 2.24) is 0 Å². The van der Waals surface area contributed by atoms with Gasteiger partial charge in [0.25, 0.3) is 0 Å². The third kappa shape index (κ3) is 2.41. The van der Waals surface area contributed by atoms with Crippen molar-refractivity contribution in [2.24, 2.45) is 0 Å². The zero-order valence-electron chi connectivity index (χ0n) is 11.6. The number of fused-ring (bicyclic) bond motifs is 1. The van der Waals surface area contributed by atoms with Crippen molar-refractivity contribution in [3.05, 3.63) is 64.4 Å². The monoisotopic (exact) mass is 300 g/mol. The van der Waals surface area contributed by atoms with E-state index in [0.717, 1.165) is 16.5 Å². The summed E-state index contributed by atoms with van der Waals surface area (Å²) in [6.45, 7) is 1.95. The highest BCUT2D eigenvalue weighted by Crippen LogP contribution is 2.29. The second-order valence-corrected chi connectivity index (χ2v) is 5.21. The molecule has 3 rings (SSSR count). The molecule has 0 bridgehead atoms. The summed E-state index contributed by atoms with van der Waals surface area (Å²) in [5.41, 5.74) is 2.15. The van der Waals surface area contributed by atoms with E-state index in [1.807, 2.05) is 25.1 Å². The van der Waals surface area contributed by atoms with Gasteiger partial charge in [-0.15, -0.1) is 0 Å². The SMILES string of the molecule is COc1cc(Cl)ccc1C(=O)c1cc2cccc(C)c2o1. The molecule has 4 heteroatoms. The lowest BCUT2D eigenvalue weighted by Crippen LogP contribution is -2.02. The van der Waals surface area contributed by atoms with E-state index in [2.05, 4.69) is 0 Å². The second kappa shape index (κ2) is 5.26. The van der Waals surface area contributed by atoms with Crippen molar-refractivity contribution >= 4 is 28.4 Å². The number of hydrogen-bond donors (Lipinski definition) is 0. The molecule has 2 aromatic carbocycles. The normalized spacial score (nSPS) is 10.8. The van der Waals surface area contributed by atoms with Crippen LogP contribution in [0.4, 0.5) is 0 Å². The maximum atomic E-state index is 12.6. The van der Waals surface area contributed by atoms with Gasteiger partial charge in [0.05, 0.1) is 12.7 Å².